The highest BCUT2D eigenvalue weighted by Crippen LogP contribution is 2.10. The molecule has 0 spiro atoms. The third-order valence-corrected chi connectivity index (χ3v) is 1.48. The molecule has 0 N–H and O–H groups in total. The normalized spacial score (nSPS) is 10.5. The fraction of sp³-hybridized carbons (Fsp3) is 0.333. The molecule has 11 heavy (non-hydrogen) atoms. The molecule has 0 bridgehead atoms. The Morgan fingerprint density at radius 2 is 2.18 bits per heavy atom. The molecule has 0 aliphatic heterocycles. The fourth-order valence-electron chi connectivity index (χ4n) is 0.827. The largest absolute Gasteiger partial charge is 0.259 e. The van der Waals surface area contributed by atoms with Crippen molar-refractivity contribution in [3.63, 3.8) is 0 Å². The minimum Gasteiger partial charge on any atom is -0.259 e. The van der Waals surface area contributed by atoms with E-state index < -0.39 is 0 Å². The van der Waals surface area contributed by atoms with Crippen molar-refractivity contribution >= 4 is 11.6 Å². The second kappa shape index (κ2) is 3.72. The van der Waals surface area contributed by atoms with E-state index in [1.807, 2.05) is 12.1 Å². The number of rotatable bonds is 2. The molecule has 0 aliphatic carbocycles. The van der Waals surface area contributed by atoms with Gasteiger partial charge in [0.2, 0.25) is 0 Å². The summed E-state index contributed by atoms with van der Waals surface area (Å²) in [5.74, 6) is 0.531. The Kier molecular flexibility index (Phi) is 2.89. The van der Waals surface area contributed by atoms with Crippen molar-refractivity contribution in [1.82, 2.24) is 4.98 Å². The summed E-state index contributed by atoms with van der Waals surface area (Å²) in [5, 5.41) is 0.686. The van der Waals surface area contributed by atoms with Gasteiger partial charge in [0.1, 0.15) is 0 Å². The number of aromatic nitrogens is 1. The van der Waals surface area contributed by atoms with Gasteiger partial charge in [0, 0.05) is 18.3 Å². The first-order valence-electron chi connectivity index (χ1n) is 3.65. The van der Waals surface area contributed by atoms with Crippen LogP contribution in [0.3, 0.4) is 0 Å². The summed E-state index contributed by atoms with van der Waals surface area (Å²) in [5.41, 5.74) is 0.990. The van der Waals surface area contributed by atoms with Crippen LogP contribution in [-0.2, 0) is 0 Å². The van der Waals surface area contributed by atoms with E-state index in [1.165, 1.54) is 0 Å². The molecule has 59 valence electrons. The van der Waals surface area contributed by atoms with Gasteiger partial charge in [0.15, 0.2) is 0 Å². The third kappa shape index (κ3) is 2.89. The Balaban J connectivity index is 2.66. The minimum atomic E-state index is 0.531. The third-order valence-electron chi connectivity index (χ3n) is 1.25. The summed E-state index contributed by atoms with van der Waals surface area (Å²) in [6.07, 6.45) is 3.76. The first-order chi connectivity index (χ1) is 5.18. The lowest BCUT2D eigenvalue weighted by molar-refractivity contribution is 0.767. The second-order valence-corrected chi connectivity index (χ2v) is 3.25. The van der Waals surface area contributed by atoms with Crippen molar-refractivity contribution in [3.05, 3.63) is 35.5 Å². The molecule has 0 amide bonds. The predicted octanol–water partition coefficient (Wildman–Crippen LogP) is 2.94. The first kappa shape index (κ1) is 8.54. The van der Waals surface area contributed by atoms with Gasteiger partial charge in [-0.05, 0) is 18.1 Å². The molecular formula is C9H11ClN. The Morgan fingerprint density at radius 3 is 2.64 bits per heavy atom. The van der Waals surface area contributed by atoms with Gasteiger partial charge in [0.05, 0.1) is 5.02 Å². The fourth-order valence-corrected chi connectivity index (χ4v) is 0.939. The Morgan fingerprint density at radius 1 is 1.45 bits per heavy atom. The molecule has 1 rings (SSSR count). The molecule has 1 nitrogen and oxygen atoms in total. The summed E-state index contributed by atoms with van der Waals surface area (Å²) in [6.45, 7) is 4.24. The van der Waals surface area contributed by atoms with Crippen LogP contribution in [0.5, 0.6) is 0 Å². The highest BCUT2D eigenvalue weighted by Gasteiger charge is 1.98. The predicted molar refractivity (Wildman–Crippen MR) is 47.5 cm³/mol. The Bertz CT molecular complexity index is 216. The number of pyridine rings is 1. The molecule has 0 fully saturated rings. The molecule has 0 atom stereocenters. The van der Waals surface area contributed by atoms with Crippen LogP contribution in [-0.4, -0.2) is 4.98 Å². The van der Waals surface area contributed by atoms with Crippen LogP contribution < -0.4 is 0 Å². The van der Waals surface area contributed by atoms with Crippen molar-refractivity contribution in [2.75, 3.05) is 0 Å². The molecule has 0 aromatic carbocycles. The van der Waals surface area contributed by atoms with Gasteiger partial charge in [-0.25, -0.2) is 0 Å². The molecule has 1 radical (unpaired) electrons. The average Bonchev–Trinajstić information content (AvgIpc) is 1.93. The number of halogens is 1. The van der Waals surface area contributed by atoms with E-state index in [0.717, 1.165) is 5.69 Å². The van der Waals surface area contributed by atoms with E-state index in [2.05, 4.69) is 25.3 Å². The van der Waals surface area contributed by atoms with Crippen molar-refractivity contribution in [1.29, 1.82) is 0 Å². The van der Waals surface area contributed by atoms with Crippen molar-refractivity contribution < 1.29 is 0 Å². The van der Waals surface area contributed by atoms with Crippen LogP contribution >= 0.6 is 11.6 Å². The maximum absolute atomic E-state index is 5.67. The molecule has 0 saturated carbocycles. The van der Waals surface area contributed by atoms with Crippen LogP contribution in [0.1, 0.15) is 19.5 Å². The zero-order valence-corrected chi connectivity index (χ0v) is 7.47. The molecule has 2 heteroatoms. The van der Waals surface area contributed by atoms with Gasteiger partial charge in [0.25, 0.3) is 0 Å². The first-order valence-corrected chi connectivity index (χ1v) is 4.02. The molecule has 1 aromatic rings. The highest BCUT2D eigenvalue weighted by molar-refractivity contribution is 6.30. The van der Waals surface area contributed by atoms with Crippen LogP contribution in [0.4, 0.5) is 0 Å². The van der Waals surface area contributed by atoms with E-state index >= 15 is 0 Å². The van der Waals surface area contributed by atoms with E-state index in [9.17, 15) is 0 Å². The molecule has 1 heterocycles. The van der Waals surface area contributed by atoms with Gasteiger partial charge in [-0.2, -0.15) is 0 Å². The van der Waals surface area contributed by atoms with E-state index in [1.54, 1.807) is 6.20 Å². The number of hydrogen-bond acceptors (Lipinski definition) is 1. The van der Waals surface area contributed by atoms with Crippen LogP contribution in [0.25, 0.3) is 0 Å². The lowest BCUT2D eigenvalue weighted by atomic mass is 10.1. The minimum absolute atomic E-state index is 0.531. The zero-order valence-electron chi connectivity index (χ0n) is 6.71. The molecule has 1 aromatic heterocycles. The number of nitrogens with zero attached hydrogens (tertiary/aromatic N) is 1. The molecule has 0 unspecified atom stereocenters. The Hall–Kier alpha value is -0.560. The summed E-state index contributed by atoms with van der Waals surface area (Å²) in [7, 11) is 0. The summed E-state index contributed by atoms with van der Waals surface area (Å²) >= 11 is 5.67. The second-order valence-electron chi connectivity index (χ2n) is 2.81. The SMILES string of the molecule is CC(C)[CH]c1ccc(Cl)cn1. The summed E-state index contributed by atoms with van der Waals surface area (Å²) in [4.78, 5) is 4.13. The monoisotopic (exact) mass is 168 g/mol. The molecule has 0 aliphatic rings. The van der Waals surface area contributed by atoms with E-state index in [-0.39, 0.29) is 0 Å². The van der Waals surface area contributed by atoms with E-state index in [0.29, 0.717) is 10.9 Å². The average molecular weight is 169 g/mol. The zero-order chi connectivity index (χ0) is 8.27. The van der Waals surface area contributed by atoms with Crippen molar-refractivity contribution in [3.8, 4) is 0 Å². The van der Waals surface area contributed by atoms with Crippen molar-refractivity contribution in [2.45, 2.75) is 13.8 Å². The van der Waals surface area contributed by atoms with Gasteiger partial charge >= 0.3 is 0 Å². The van der Waals surface area contributed by atoms with Gasteiger partial charge in [-0.3, -0.25) is 4.98 Å². The quantitative estimate of drug-likeness (QED) is 0.662. The van der Waals surface area contributed by atoms with Gasteiger partial charge in [-0.1, -0.05) is 25.4 Å². The maximum atomic E-state index is 5.67. The maximum Gasteiger partial charge on any atom is 0.0589 e. The van der Waals surface area contributed by atoms with Crippen LogP contribution in [0, 0.1) is 12.3 Å². The summed E-state index contributed by atoms with van der Waals surface area (Å²) < 4.78 is 0. The highest BCUT2D eigenvalue weighted by atomic mass is 35.5. The smallest absolute Gasteiger partial charge is 0.0589 e. The Labute approximate surface area is 72.4 Å². The number of hydrogen-bond donors (Lipinski definition) is 0. The van der Waals surface area contributed by atoms with E-state index in [4.69, 9.17) is 11.6 Å². The standard InChI is InChI=1S/C9H11ClN/c1-7(2)5-9-4-3-8(10)6-11-9/h3-7H,1-2H3. The van der Waals surface area contributed by atoms with Gasteiger partial charge in [-0.15, -0.1) is 0 Å². The molecular weight excluding hydrogens is 158 g/mol. The van der Waals surface area contributed by atoms with Gasteiger partial charge < -0.3 is 0 Å². The summed E-state index contributed by atoms with van der Waals surface area (Å²) in [6, 6.07) is 3.77. The van der Waals surface area contributed by atoms with Crippen LogP contribution in [0.2, 0.25) is 5.02 Å². The van der Waals surface area contributed by atoms with Crippen molar-refractivity contribution in [2.24, 2.45) is 5.92 Å². The lowest BCUT2D eigenvalue weighted by Crippen LogP contribution is -1.92. The molecule has 0 saturated heterocycles. The van der Waals surface area contributed by atoms with Crippen LogP contribution in [0.15, 0.2) is 18.3 Å². The topological polar surface area (TPSA) is 12.9 Å². The lowest BCUT2D eigenvalue weighted by Gasteiger charge is -2.01.